The van der Waals surface area contributed by atoms with Gasteiger partial charge in [-0.3, -0.25) is 9.35 Å². The van der Waals surface area contributed by atoms with E-state index in [1.807, 2.05) is 31.2 Å². The van der Waals surface area contributed by atoms with Crippen LogP contribution >= 0.6 is 11.8 Å². The maximum Gasteiger partial charge on any atom is 0.296 e. The second kappa shape index (κ2) is 9.50. The standard InChI is InChI=1S/C25H29N3O5S2/c1-16-7-8-23(35(30,31)32)20(13-16)28-15-22(18-5-3-4-6-21(18)33-2)34-25(28)24(29)26-19-14-27-11-9-17(19)10-12-27/h3-8,13,15,17,19,25H,9-12,14H2,1-2H3,(H,26,29)(H,30,31,32)/t19-,25?/m0/s1. The summed E-state index contributed by atoms with van der Waals surface area (Å²) < 4.78 is 39.9. The van der Waals surface area contributed by atoms with Crippen molar-refractivity contribution in [3.63, 3.8) is 0 Å². The number of hydrogen-bond donors (Lipinski definition) is 2. The monoisotopic (exact) mass is 515 g/mol. The van der Waals surface area contributed by atoms with Crippen LogP contribution in [0.25, 0.3) is 4.91 Å². The molecule has 1 unspecified atom stereocenters. The van der Waals surface area contributed by atoms with E-state index in [1.54, 1.807) is 30.3 Å². The van der Waals surface area contributed by atoms with Gasteiger partial charge in [-0.15, -0.1) is 0 Å². The third-order valence-corrected chi connectivity index (χ3v) is 9.14. The molecular weight excluding hydrogens is 486 g/mol. The Bertz CT molecular complexity index is 1270. The number of hydrogen-bond acceptors (Lipinski definition) is 7. The van der Waals surface area contributed by atoms with Gasteiger partial charge in [0.25, 0.3) is 16.0 Å². The Morgan fingerprint density at radius 1 is 1.17 bits per heavy atom. The Hall–Kier alpha value is -2.53. The van der Waals surface area contributed by atoms with Gasteiger partial charge in [0.15, 0.2) is 5.37 Å². The molecule has 3 saturated heterocycles. The highest BCUT2D eigenvalue weighted by Gasteiger charge is 2.40. The Balaban J connectivity index is 1.53. The van der Waals surface area contributed by atoms with Crippen molar-refractivity contribution in [1.29, 1.82) is 0 Å². The molecule has 1 amide bonds. The lowest BCUT2D eigenvalue weighted by molar-refractivity contribution is -0.122. The largest absolute Gasteiger partial charge is 0.496 e. The average molecular weight is 516 g/mol. The first-order valence-electron chi connectivity index (χ1n) is 11.7. The van der Waals surface area contributed by atoms with Crippen molar-refractivity contribution in [2.24, 2.45) is 5.92 Å². The first-order valence-corrected chi connectivity index (χ1v) is 14.0. The number of nitrogens with zero attached hydrogens (tertiary/aromatic N) is 2. The van der Waals surface area contributed by atoms with Gasteiger partial charge < -0.3 is 19.9 Å². The van der Waals surface area contributed by atoms with Gasteiger partial charge in [-0.05, 0) is 62.5 Å². The summed E-state index contributed by atoms with van der Waals surface area (Å²) in [5.74, 6) is 0.930. The lowest BCUT2D eigenvalue weighted by atomic mass is 9.84. The minimum absolute atomic E-state index is 0.0707. The van der Waals surface area contributed by atoms with E-state index in [0.29, 0.717) is 11.7 Å². The molecule has 0 aliphatic carbocycles. The summed E-state index contributed by atoms with van der Waals surface area (Å²) in [6.07, 6.45) is 3.91. The SMILES string of the molecule is COc1ccccc1C1=CN(c2cc(C)ccc2S(=O)(=O)O)C(C(=O)N[C@H]2CN3CCC2CC3)S1. The number of benzene rings is 2. The maximum atomic E-state index is 13.7. The van der Waals surface area contributed by atoms with Gasteiger partial charge in [-0.2, -0.15) is 8.42 Å². The van der Waals surface area contributed by atoms with Crippen LogP contribution < -0.4 is 15.0 Å². The van der Waals surface area contributed by atoms with Gasteiger partial charge in [-0.1, -0.05) is 36.0 Å². The summed E-state index contributed by atoms with van der Waals surface area (Å²) in [5, 5.41) is 2.50. The molecule has 4 aliphatic rings. The molecule has 186 valence electrons. The van der Waals surface area contributed by atoms with Gasteiger partial charge in [0.1, 0.15) is 10.6 Å². The van der Waals surface area contributed by atoms with Gasteiger partial charge in [0, 0.05) is 29.3 Å². The van der Waals surface area contributed by atoms with Crippen LogP contribution in [0.3, 0.4) is 0 Å². The van der Waals surface area contributed by atoms with Crippen molar-refractivity contribution < 1.29 is 22.5 Å². The summed E-state index contributed by atoms with van der Waals surface area (Å²) in [7, 11) is -2.92. The second-order valence-corrected chi connectivity index (χ2v) is 11.8. The van der Waals surface area contributed by atoms with Crippen LogP contribution in [-0.4, -0.2) is 61.9 Å². The molecule has 2 N–H and O–H groups in total. The third-order valence-electron chi connectivity index (χ3n) is 7.00. The predicted octanol–water partition coefficient (Wildman–Crippen LogP) is 3.34. The highest BCUT2D eigenvalue weighted by Crippen LogP contribution is 2.46. The molecule has 0 spiro atoms. The second-order valence-electron chi connectivity index (χ2n) is 9.27. The average Bonchev–Trinajstić information content (AvgIpc) is 3.29. The van der Waals surface area contributed by atoms with Crippen molar-refractivity contribution in [3.05, 3.63) is 59.8 Å². The molecular formula is C25H29N3O5S2. The van der Waals surface area contributed by atoms with Crippen molar-refractivity contribution in [2.45, 2.75) is 36.1 Å². The number of ether oxygens (including phenoxy) is 1. The number of fused-ring (bicyclic) bond motifs is 3. The molecule has 0 radical (unpaired) electrons. The number of anilines is 1. The number of carbonyl (C=O) groups excluding carboxylic acids is 1. The summed E-state index contributed by atoms with van der Waals surface area (Å²) in [6, 6.07) is 12.3. The topological polar surface area (TPSA) is 99.2 Å². The molecule has 10 heteroatoms. The molecule has 35 heavy (non-hydrogen) atoms. The summed E-state index contributed by atoms with van der Waals surface area (Å²) in [4.78, 5) is 18.3. The molecule has 8 nitrogen and oxygen atoms in total. The number of rotatable bonds is 6. The predicted molar refractivity (Wildman–Crippen MR) is 137 cm³/mol. The van der Waals surface area contributed by atoms with Crippen LogP contribution in [0.4, 0.5) is 5.69 Å². The Morgan fingerprint density at radius 2 is 1.91 bits per heavy atom. The zero-order chi connectivity index (χ0) is 24.7. The van der Waals surface area contributed by atoms with Crippen molar-refractivity contribution in [2.75, 3.05) is 31.6 Å². The quantitative estimate of drug-likeness (QED) is 0.566. The highest BCUT2D eigenvalue weighted by atomic mass is 32.2. The lowest BCUT2D eigenvalue weighted by Gasteiger charge is -2.45. The van der Waals surface area contributed by atoms with Crippen LogP contribution in [0.2, 0.25) is 0 Å². The minimum atomic E-state index is -4.51. The molecule has 0 aromatic heterocycles. The molecule has 6 rings (SSSR count). The third kappa shape index (κ3) is 4.80. The van der Waals surface area contributed by atoms with Gasteiger partial charge in [0.05, 0.1) is 12.8 Å². The number of aryl methyl sites for hydroxylation is 1. The molecule has 2 atom stereocenters. The summed E-state index contributed by atoms with van der Waals surface area (Å²) >= 11 is 1.34. The first kappa shape index (κ1) is 24.2. The van der Waals surface area contributed by atoms with E-state index in [-0.39, 0.29) is 22.5 Å². The van der Waals surface area contributed by atoms with Crippen LogP contribution in [-0.2, 0) is 14.9 Å². The van der Waals surface area contributed by atoms with Crippen LogP contribution in [0.1, 0.15) is 24.0 Å². The van der Waals surface area contributed by atoms with E-state index in [4.69, 9.17) is 4.74 Å². The van der Waals surface area contributed by atoms with Crippen molar-refractivity contribution >= 4 is 38.4 Å². The van der Waals surface area contributed by atoms with E-state index in [0.717, 1.165) is 48.5 Å². The zero-order valence-corrected chi connectivity index (χ0v) is 21.3. The van der Waals surface area contributed by atoms with Crippen molar-refractivity contribution in [3.8, 4) is 5.75 Å². The first-order chi connectivity index (χ1) is 16.7. The number of methoxy groups -OCH3 is 1. The zero-order valence-electron chi connectivity index (χ0n) is 19.7. The molecule has 0 saturated carbocycles. The lowest BCUT2D eigenvalue weighted by Crippen LogP contribution is -2.59. The van der Waals surface area contributed by atoms with Crippen molar-refractivity contribution in [1.82, 2.24) is 10.2 Å². The summed E-state index contributed by atoms with van der Waals surface area (Å²) in [6.45, 7) is 4.82. The molecule has 3 fully saturated rings. The smallest absolute Gasteiger partial charge is 0.296 e. The van der Waals surface area contributed by atoms with Crippen LogP contribution in [0, 0.1) is 12.8 Å². The number of thioether (sulfide) groups is 1. The van der Waals surface area contributed by atoms with E-state index < -0.39 is 15.5 Å². The number of amides is 1. The number of piperidine rings is 3. The number of carbonyl (C=O) groups is 1. The highest BCUT2D eigenvalue weighted by molar-refractivity contribution is 8.09. The van der Waals surface area contributed by atoms with E-state index in [9.17, 15) is 17.8 Å². The Morgan fingerprint density at radius 3 is 2.57 bits per heavy atom. The molecule has 4 aliphatic heterocycles. The fourth-order valence-corrected chi connectivity index (χ4v) is 7.03. The Kier molecular flexibility index (Phi) is 6.56. The number of para-hydroxylation sites is 1. The van der Waals surface area contributed by atoms with E-state index in [1.165, 1.54) is 17.8 Å². The van der Waals surface area contributed by atoms with E-state index >= 15 is 0 Å². The molecule has 2 aromatic carbocycles. The van der Waals surface area contributed by atoms with Crippen LogP contribution in [0.5, 0.6) is 5.75 Å². The minimum Gasteiger partial charge on any atom is -0.496 e. The van der Waals surface area contributed by atoms with Crippen LogP contribution in [0.15, 0.2) is 53.6 Å². The Labute approximate surface area is 210 Å². The summed E-state index contributed by atoms with van der Waals surface area (Å²) in [5.41, 5.74) is 1.89. The normalized spacial score (nSPS) is 25.9. The fraction of sp³-hybridized carbons (Fsp3) is 0.400. The van der Waals surface area contributed by atoms with Gasteiger partial charge in [0.2, 0.25) is 0 Å². The maximum absolute atomic E-state index is 13.7. The molecule has 2 bridgehead atoms. The van der Waals surface area contributed by atoms with E-state index in [2.05, 4.69) is 10.2 Å². The molecule has 4 heterocycles. The fourth-order valence-electron chi connectivity index (χ4n) is 5.19. The number of nitrogens with one attached hydrogen (secondary N) is 1. The molecule has 2 aromatic rings. The van der Waals surface area contributed by atoms with Gasteiger partial charge in [-0.25, -0.2) is 0 Å². The van der Waals surface area contributed by atoms with Gasteiger partial charge >= 0.3 is 0 Å².